The number of amides is 2. The van der Waals surface area contributed by atoms with E-state index in [1.807, 2.05) is 47.4 Å². The van der Waals surface area contributed by atoms with Gasteiger partial charge < -0.3 is 30.1 Å². The summed E-state index contributed by atoms with van der Waals surface area (Å²) < 4.78 is 42.7. The first-order valence-electron chi connectivity index (χ1n) is 18.1. The number of likely N-dealkylation sites (tertiary alicyclic amines) is 1. The Hall–Kier alpha value is -5.85. The second-order valence-electron chi connectivity index (χ2n) is 13.4. The molecule has 1 saturated heterocycles. The number of ether oxygens (including phenoxy) is 2. The minimum atomic E-state index is -5.08. The van der Waals surface area contributed by atoms with E-state index in [1.54, 1.807) is 0 Å². The fourth-order valence-corrected chi connectivity index (χ4v) is 6.58. The number of nitrogens with zero attached hydrogens (tertiary/aromatic N) is 2. The number of urea groups is 1. The van der Waals surface area contributed by atoms with Crippen LogP contribution in [0.5, 0.6) is 11.5 Å². The summed E-state index contributed by atoms with van der Waals surface area (Å²) in [6.07, 6.45) is -3.19. The zero-order valence-corrected chi connectivity index (χ0v) is 30.2. The molecule has 9 nitrogen and oxygen atoms in total. The maximum absolute atomic E-state index is 13.7. The Bertz CT molecular complexity index is 2010. The minimum Gasteiger partial charge on any atom is -0.475 e. The monoisotopic (exact) mass is 752 g/mol. The first-order valence-corrected chi connectivity index (χ1v) is 18.1. The maximum atomic E-state index is 13.7. The van der Waals surface area contributed by atoms with E-state index >= 15 is 0 Å². The third kappa shape index (κ3) is 11.3. The molecule has 7 rings (SSSR count). The average molecular weight is 753 g/mol. The number of piperidine rings is 1. The Labute approximate surface area is 318 Å². The topological polar surface area (TPSA) is 103 Å². The van der Waals surface area contributed by atoms with Crippen LogP contribution in [0.15, 0.2) is 127 Å². The van der Waals surface area contributed by atoms with E-state index in [4.69, 9.17) is 19.4 Å². The number of carbonyl (C=O) groups excluding carboxylic acids is 1. The molecule has 55 heavy (non-hydrogen) atoms. The van der Waals surface area contributed by atoms with Gasteiger partial charge in [-0.2, -0.15) is 13.2 Å². The summed E-state index contributed by atoms with van der Waals surface area (Å²) in [7, 11) is 0. The summed E-state index contributed by atoms with van der Waals surface area (Å²) in [6.45, 7) is 5.24. The highest BCUT2D eigenvalue weighted by molar-refractivity contribution is 5.89. The van der Waals surface area contributed by atoms with Crippen LogP contribution >= 0.6 is 0 Å². The quantitative estimate of drug-likeness (QED) is 0.124. The largest absolute Gasteiger partial charge is 0.490 e. The predicted octanol–water partition coefficient (Wildman–Crippen LogP) is 8.70. The molecule has 0 spiro atoms. The number of aliphatic carboxylic acids is 1. The van der Waals surface area contributed by atoms with Crippen LogP contribution in [0, 0.1) is 0 Å². The van der Waals surface area contributed by atoms with Gasteiger partial charge in [0.1, 0.15) is 0 Å². The van der Waals surface area contributed by atoms with Crippen LogP contribution in [0.25, 0.3) is 11.1 Å². The van der Waals surface area contributed by atoms with Crippen molar-refractivity contribution in [2.24, 2.45) is 0 Å². The van der Waals surface area contributed by atoms with Crippen molar-refractivity contribution in [3.8, 4) is 22.6 Å². The van der Waals surface area contributed by atoms with Crippen LogP contribution in [0.2, 0.25) is 0 Å². The van der Waals surface area contributed by atoms with Gasteiger partial charge in [-0.05, 0) is 76.6 Å². The van der Waals surface area contributed by atoms with Gasteiger partial charge in [0.15, 0.2) is 11.5 Å². The number of fused-ring (bicyclic) bond motifs is 1. The molecule has 0 bridgehead atoms. The van der Waals surface area contributed by atoms with Crippen LogP contribution < -0.4 is 20.1 Å². The van der Waals surface area contributed by atoms with Crippen molar-refractivity contribution in [1.29, 1.82) is 0 Å². The maximum Gasteiger partial charge on any atom is 0.490 e. The van der Waals surface area contributed by atoms with Gasteiger partial charge >= 0.3 is 18.2 Å². The van der Waals surface area contributed by atoms with Crippen LogP contribution in [-0.2, 0) is 31.0 Å². The Balaban J connectivity index is 0.000000672. The third-order valence-electron chi connectivity index (χ3n) is 9.44. The number of hydrogen-bond acceptors (Lipinski definition) is 6. The molecular weight excluding hydrogens is 709 g/mol. The summed E-state index contributed by atoms with van der Waals surface area (Å²) in [6, 6.07) is 43.9. The zero-order valence-electron chi connectivity index (χ0n) is 30.2. The molecular formula is C43H43F3N4O5. The molecule has 3 N–H and O–H groups in total. The lowest BCUT2D eigenvalue weighted by molar-refractivity contribution is -0.192. The molecule has 12 heteroatoms. The normalized spacial score (nSPS) is 14.1. The third-order valence-corrected chi connectivity index (χ3v) is 9.44. The minimum absolute atomic E-state index is 0.0484. The van der Waals surface area contributed by atoms with Gasteiger partial charge in [0, 0.05) is 51.0 Å². The molecule has 0 saturated carbocycles. The van der Waals surface area contributed by atoms with Gasteiger partial charge in [-0.1, -0.05) is 97.1 Å². The number of rotatable bonds is 11. The number of carboxylic acids is 1. The van der Waals surface area contributed by atoms with E-state index in [9.17, 15) is 18.0 Å². The number of carbonyl (C=O) groups is 2. The summed E-state index contributed by atoms with van der Waals surface area (Å²) in [5.41, 5.74) is 7.98. The molecule has 0 unspecified atom stereocenters. The fourth-order valence-electron chi connectivity index (χ4n) is 6.58. The van der Waals surface area contributed by atoms with Crippen molar-refractivity contribution in [3.05, 3.63) is 150 Å². The van der Waals surface area contributed by atoms with Gasteiger partial charge in [0.05, 0.1) is 0 Å². The molecule has 1 fully saturated rings. The van der Waals surface area contributed by atoms with Gasteiger partial charge in [-0.3, -0.25) is 4.90 Å². The van der Waals surface area contributed by atoms with Crippen molar-refractivity contribution in [2.45, 2.75) is 51.2 Å². The van der Waals surface area contributed by atoms with Crippen molar-refractivity contribution in [2.75, 3.05) is 25.2 Å². The SMILES string of the molecule is O=C(Nc1ccccc1)N(Cc1ccc(-c2cccc(CNCc3ccc4c(c3)OCO4)c2)cc1)C1CCN(Cc2ccccc2)CC1.O=C(O)C(F)(F)F. The predicted molar refractivity (Wildman–Crippen MR) is 204 cm³/mol. The second-order valence-corrected chi connectivity index (χ2v) is 13.4. The van der Waals surface area contributed by atoms with Crippen molar-refractivity contribution >= 4 is 17.7 Å². The first-order chi connectivity index (χ1) is 26.6. The van der Waals surface area contributed by atoms with E-state index in [1.165, 1.54) is 16.7 Å². The number of hydrogen-bond donors (Lipinski definition) is 3. The highest BCUT2D eigenvalue weighted by Gasteiger charge is 2.38. The molecule has 2 amide bonds. The number of anilines is 1. The van der Waals surface area contributed by atoms with Crippen LogP contribution in [0.4, 0.5) is 23.7 Å². The molecule has 2 aliphatic rings. The highest BCUT2D eigenvalue weighted by Crippen LogP contribution is 2.32. The lowest BCUT2D eigenvalue weighted by Gasteiger charge is -2.38. The highest BCUT2D eigenvalue weighted by atomic mass is 19.4. The Morgan fingerprint density at radius 2 is 1.31 bits per heavy atom. The number of benzene rings is 5. The van der Waals surface area contributed by atoms with Crippen molar-refractivity contribution in [1.82, 2.24) is 15.1 Å². The first kappa shape index (κ1) is 38.9. The number of carboxylic acid groups (broad SMARTS) is 1. The molecule has 0 radical (unpaired) electrons. The molecule has 0 aromatic heterocycles. The molecule has 0 aliphatic carbocycles. The summed E-state index contributed by atoms with van der Waals surface area (Å²) in [4.78, 5) is 27.2. The van der Waals surface area contributed by atoms with E-state index in [2.05, 4.69) is 100 Å². The number of nitrogens with one attached hydrogen (secondary N) is 2. The lowest BCUT2D eigenvalue weighted by Crippen LogP contribution is -2.48. The van der Waals surface area contributed by atoms with Crippen LogP contribution in [0.3, 0.4) is 0 Å². The molecule has 2 aliphatic heterocycles. The summed E-state index contributed by atoms with van der Waals surface area (Å²) in [5, 5.41) is 13.8. The Kier molecular flexibility index (Phi) is 13.0. The number of para-hydroxylation sites is 1. The Morgan fingerprint density at radius 1 is 0.709 bits per heavy atom. The molecule has 2 heterocycles. The average Bonchev–Trinajstić information content (AvgIpc) is 3.67. The standard InChI is InChI=1S/C41H42N4O3.C2HF3O2/c46-41(43-37-12-5-2-6-13-37)45(38-20-22-44(23-21-38)28-31-8-3-1-4-9-31)29-32-14-17-35(18-15-32)36-11-7-10-33(24-36)26-42-27-34-16-19-39-40(25-34)48-30-47-39;3-2(4,5)1(6)7/h1-19,24-25,38,42H,20-23,26-30H2,(H,43,46);(H,6,7). The van der Waals surface area contributed by atoms with Gasteiger partial charge in [-0.15, -0.1) is 0 Å². The second kappa shape index (κ2) is 18.5. The zero-order chi connectivity index (χ0) is 38.6. The fraction of sp³-hybridized carbons (Fsp3) is 0.256. The molecule has 5 aromatic rings. The van der Waals surface area contributed by atoms with E-state index in [-0.39, 0.29) is 18.9 Å². The molecule has 286 valence electrons. The lowest BCUT2D eigenvalue weighted by atomic mass is 10.00. The van der Waals surface area contributed by atoms with Gasteiger partial charge in [0.25, 0.3) is 0 Å². The van der Waals surface area contributed by atoms with E-state index in [0.717, 1.165) is 79.4 Å². The number of alkyl halides is 3. The summed E-state index contributed by atoms with van der Waals surface area (Å²) in [5.74, 6) is -1.14. The Morgan fingerprint density at radius 3 is 1.98 bits per heavy atom. The molecule has 0 atom stereocenters. The summed E-state index contributed by atoms with van der Waals surface area (Å²) >= 11 is 0. The van der Waals surface area contributed by atoms with Crippen LogP contribution in [-0.4, -0.2) is 59.0 Å². The van der Waals surface area contributed by atoms with E-state index in [0.29, 0.717) is 6.54 Å². The van der Waals surface area contributed by atoms with Crippen molar-refractivity contribution < 1.29 is 37.3 Å². The number of halogens is 3. The van der Waals surface area contributed by atoms with Gasteiger partial charge in [0.2, 0.25) is 6.79 Å². The van der Waals surface area contributed by atoms with E-state index < -0.39 is 12.1 Å². The van der Waals surface area contributed by atoms with Crippen LogP contribution in [0.1, 0.15) is 35.1 Å². The smallest absolute Gasteiger partial charge is 0.475 e. The van der Waals surface area contributed by atoms with Gasteiger partial charge in [-0.25, -0.2) is 9.59 Å². The van der Waals surface area contributed by atoms with Crippen molar-refractivity contribution in [3.63, 3.8) is 0 Å². The molecule has 5 aromatic carbocycles.